The van der Waals surface area contributed by atoms with E-state index in [4.69, 9.17) is 0 Å². The minimum Gasteiger partial charge on any atom is -0.371 e. The zero-order valence-corrected chi connectivity index (χ0v) is 10.4. The van der Waals surface area contributed by atoms with Crippen molar-refractivity contribution in [3.63, 3.8) is 0 Å². The van der Waals surface area contributed by atoms with Crippen molar-refractivity contribution in [3.8, 4) is 0 Å². The van der Waals surface area contributed by atoms with Crippen molar-refractivity contribution in [2.45, 2.75) is 0 Å². The van der Waals surface area contributed by atoms with Gasteiger partial charge >= 0.3 is 0 Å². The smallest absolute Gasteiger partial charge is 0.269 e. The van der Waals surface area contributed by atoms with E-state index in [1.165, 1.54) is 0 Å². The Kier molecular flexibility index (Phi) is 2.85. The maximum Gasteiger partial charge on any atom is 0.269 e. The molecule has 1 amide bonds. The zero-order valence-electron chi connectivity index (χ0n) is 10.4. The van der Waals surface area contributed by atoms with Crippen LogP contribution in [-0.4, -0.2) is 42.4 Å². The van der Waals surface area contributed by atoms with Crippen LogP contribution in [0.15, 0.2) is 24.3 Å². The summed E-state index contributed by atoms with van der Waals surface area (Å²) in [7, 11) is 0. The van der Waals surface area contributed by atoms with Crippen molar-refractivity contribution in [1.82, 2.24) is 4.90 Å². The van der Waals surface area contributed by atoms with Crippen LogP contribution in [0.3, 0.4) is 0 Å². The summed E-state index contributed by atoms with van der Waals surface area (Å²) < 4.78 is 0. The average molecular weight is 261 g/mol. The molecule has 19 heavy (non-hydrogen) atoms. The molecule has 0 bridgehead atoms. The predicted molar refractivity (Wildman–Crippen MR) is 69.9 cm³/mol. The molecular formula is C13H15N3O3. The lowest BCUT2D eigenvalue weighted by Crippen LogP contribution is -2.27. The monoisotopic (exact) mass is 261 g/mol. The van der Waals surface area contributed by atoms with E-state index in [0.29, 0.717) is 11.8 Å². The van der Waals surface area contributed by atoms with Crippen molar-refractivity contribution < 1.29 is 9.72 Å². The van der Waals surface area contributed by atoms with E-state index in [1.807, 2.05) is 4.90 Å². The van der Waals surface area contributed by atoms with Gasteiger partial charge in [0.2, 0.25) is 6.41 Å². The normalized spacial score (nSPS) is 25.5. The number of amides is 1. The predicted octanol–water partition coefficient (Wildman–Crippen LogP) is 1.12. The quantitative estimate of drug-likeness (QED) is 0.464. The van der Waals surface area contributed by atoms with E-state index >= 15 is 0 Å². The number of likely N-dealkylation sites (tertiary alicyclic amines) is 1. The molecule has 0 radical (unpaired) electrons. The molecule has 2 atom stereocenters. The molecule has 6 nitrogen and oxygen atoms in total. The fourth-order valence-electron chi connectivity index (χ4n) is 3.11. The highest BCUT2D eigenvalue weighted by Crippen LogP contribution is 2.33. The summed E-state index contributed by atoms with van der Waals surface area (Å²) in [6, 6.07) is 6.69. The van der Waals surface area contributed by atoms with Crippen LogP contribution in [0.1, 0.15) is 0 Å². The van der Waals surface area contributed by atoms with Crippen LogP contribution in [0.5, 0.6) is 0 Å². The van der Waals surface area contributed by atoms with Gasteiger partial charge in [0.1, 0.15) is 0 Å². The van der Waals surface area contributed by atoms with Crippen LogP contribution >= 0.6 is 0 Å². The van der Waals surface area contributed by atoms with Gasteiger partial charge in [-0.2, -0.15) is 0 Å². The number of nitro groups is 1. The number of hydrogen-bond acceptors (Lipinski definition) is 4. The van der Waals surface area contributed by atoms with Gasteiger partial charge in [-0.25, -0.2) is 0 Å². The number of anilines is 1. The van der Waals surface area contributed by atoms with E-state index in [0.717, 1.165) is 38.3 Å². The van der Waals surface area contributed by atoms with Gasteiger partial charge < -0.3 is 9.80 Å². The molecule has 0 aliphatic carbocycles. The third kappa shape index (κ3) is 2.14. The van der Waals surface area contributed by atoms with Gasteiger partial charge in [0, 0.05) is 55.8 Å². The Balaban J connectivity index is 1.69. The molecule has 1 aromatic carbocycles. The number of nitrogens with zero attached hydrogens (tertiary/aromatic N) is 3. The summed E-state index contributed by atoms with van der Waals surface area (Å²) in [5.74, 6) is 1.06. The highest BCUT2D eigenvalue weighted by Gasteiger charge is 2.39. The molecule has 0 saturated carbocycles. The lowest BCUT2D eigenvalue weighted by atomic mass is 10.0. The van der Waals surface area contributed by atoms with Crippen molar-refractivity contribution in [3.05, 3.63) is 34.4 Å². The summed E-state index contributed by atoms with van der Waals surface area (Å²) in [6.45, 7) is 3.51. The average Bonchev–Trinajstić information content (AvgIpc) is 2.96. The fourth-order valence-corrected chi connectivity index (χ4v) is 3.11. The van der Waals surface area contributed by atoms with Crippen LogP contribution in [0.2, 0.25) is 0 Å². The van der Waals surface area contributed by atoms with E-state index in [1.54, 1.807) is 24.3 Å². The van der Waals surface area contributed by atoms with E-state index in [-0.39, 0.29) is 10.6 Å². The van der Waals surface area contributed by atoms with Crippen LogP contribution in [-0.2, 0) is 4.79 Å². The molecule has 2 fully saturated rings. The topological polar surface area (TPSA) is 66.7 Å². The SMILES string of the molecule is O=CN1CC2CN(c3ccc([N+](=O)[O-])cc3)CC2C1. The number of fused-ring (bicyclic) bond motifs is 1. The third-order valence-electron chi connectivity index (χ3n) is 4.09. The Morgan fingerprint density at radius 2 is 1.68 bits per heavy atom. The number of hydrogen-bond donors (Lipinski definition) is 0. The maximum atomic E-state index is 10.7. The van der Waals surface area contributed by atoms with Gasteiger partial charge in [0.15, 0.2) is 0 Å². The molecule has 0 spiro atoms. The van der Waals surface area contributed by atoms with E-state index < -0.39 is 0 Å². The Hall–Kier alpha value is -2.11. The first-order valence-corrected chi connectivity index (χ1v) is 6.36. The number of nitro benzene ring substituents is 1. The van der Waals surface area contributed by atoms with Crippen molar-refractivity contribution in [2.75, 3.05) is 31.1 Å². The van der Waals surface area contributed by atoms with E-state index in [9.17, 15) is 14.9 Å². The van der Waals surface area contributed by atoms with Gasteiger partial charge in [0.05, 0.1) is 4.92 Å². The summed E-state index contributed by atoms with van der Waals surface area (Å²) in [6.07, 6.45) is 0.925. The lowest BCUT2D eigenvalue weighted by Gasteiger charge is -2.21. The standard InChI is InChI=1S/C13H15N3O3/c17-9-14-5-10-7-15(8-11(10)6-14)12-1-3-13(4-2-12)16(18)19/h1-4,9-11H,5-8H2. The second kappa shape index (κ2) is 4.53. The molecular weight excluding hydrogens is 246 g/mol. The van der Waals surface area contributed by atoms with Crippen LogP contribution in [0.25, 0.3) is 0 Å². The lowest BCUT2D eigenvalue weighted by molar-refractivity contribution is -0.384. The van der Waals surface area contributed by atoms with Crippen molar-refractivity contribution in [2.24, 2.45) is 11.8 Å². The van der Waals surface area contributed by atoms with E-state index in [2.05, 4.69) is 4.90 Å². The highest BCUT2D eigenvalue weighted by atomic mass is 16.6. The molecule has 3 rings (SSSR count). The molecule has 2 saturated heterocycles. The fraction of sp³-hybridized carbons (Fsp3) is 0.462. The summed E-state index contributed by atoms with van der Waals surface area (Å²) in [5, 5.41) is 10.6. The highest BCUT2D eigenvalue weighted by molar-refractivity contribution is 5.53. The summed E-state index contributed by atoms with van der Waals surface area (Å²) in [4.78, 5) is 25.1. The second-order valence-electron chi connectivity index (χ2n) is 5.26. The Morgan fingerprint density at radius 1 is 1.11 bits per heavy atom. The number of non-ortho nitro benzene ring substituents is 1. The zero-order chi connectivity index (χ0) is 13.4. The number of carbonyl (C=O) groups excluding carboxylic acids is 1. The largest absolute Gasteiger partial charge is 0.371 e. The minimum absolute atomic E-state index is 0.121. The number of benzene rings is 1. The number of rotatable bonds is 3. The second-order valence-corrected chi connectivity index (χ2v) is 5.26. The van der Waals surface area contributed by atoms with Crippen molar-refractivity contribution in [1.29, 1.82) is 0 Å². The first-order chi connectivity index (χ1) is 9.17. The Bertz CT molecular complexity index is 488. The Morgan fingerprint density at radius 3 is 2.16 bits per heavy atom. The molecule has 6 heteroatoms. The van der Waals surface area contributed by atoms with Crippen molar-refractivity contribution >= 4 is 17.8 Å². The number of carbonyl (C=O) groups is 1. The van der Waals surface area contributed by atoms with Crippen LogP contribution < -0.4 is 4.90 Å². The molecule has 0 aromatic heterocycles. The molecule has 2 heterocycles. The van der Waals surface area contributed by atoms with Gasteiger partial charge in [-0.3, -0.25) is 14.9 Å². The van der Waals surface area contributed by atoms with Gasteiger partial charge in [-0.05, 0) is 12.1 Å². The van der Waals surface area contributed by atoms with Gasteiger partial charge in [-0.15, -0.1) is 0 Å². The van der Waals surface area contributed by atoms with Crippen LogP contribution in [0.4, 0.5) is 11.4 Å². The first kappa shape index (κ1) is 12.0. The molecule has 1 aromatic rings. The Labute approximate surface area is 110 Å². The minimum atomic E-state index is -0.384. The van der Waals surface area contributed by atoms with Gasteiger partial charge in [0.25, 0.3) is 5.69 Å². The molecule has 100 valence electrons. The molecule has 0 N–H and O–H groups in total. The molecule has 2 aliphatic heterocycles. The summed E-state index contributed by atoms with van der Waals surface area (Å²) in [5.41, 5.74) is 1.15. The maximum absolute atomic E-state index is 10.7. The first-order valence-electron chi connectivity index (χ1n) is 6.36. The summed E-state index contributed by atoms with van der Waals surface area (Å²) >= 11 is 0. The third-order valence-corrected chi connectivity index (χ3v) is 4.09. The van der Waals surface area contributed by atoms with Gasteiger partial charge in [-0.1, -0.05) is 0 Å². The van der Waals surface area contributed by atoms with Crippen LogP contribution in [0, 0.1) is 22.0 Å². The molecule has 2 aliphatic rings. The molecule has 2 unspecified atom stereocenters.